The molecule has 126 valence electrons. The molecule has 1 saturated heterocycles. The molecule has 0 saturated carbocycles. The number of likely N-dealkylation sites (tertiary alicyclic amines) is 1. The molecule has 2 N–H and O–H groups in total. The molecule has 1 fully saturated rings. The molecule has 2 rings (SSSR count). The molecule has 2 amide bonds. The van der Waals surface area contributed by atoms with E-state index < -0.39 is 0 Å². The van der Waals surface area contributed by atoms with E-state index in [0.717, 1.165) is 12.0 Å². The first-order chi connectivity index (χ1) is 11.0. The highest BCUT2D eigenvalue weighted by atomic mass is 16.3. The zero-order chi connectivity index (χ0) is 16.8. The van der Waals surface area contributed by atoms with Gasteiger partial charge in [0.05, 0.1) is 12.0 Å². The topological polar surface area (TPSA) is 69.6 Å². The number of benzene rings is 1. The summed E-state index contributed by atoms with van der Waals surface area (Å²) in [6.07, 6.45) is 1.69. The number of nitrogens with one attached hydrogen (secondary N) is 1. The zero-order valence-corrected chi connectivity index (χ0v) is 13.9. The summed E-state index contributed by atoms with van der Waals surface area (Å²) in [4.78, 5) is 26.4. The Kier molecular flexibility index (Phi) is 6.16. The molecule has 5 heteroatoms. The van der Waals surface area contributed by atoms with Crippen molar-refractivity contribution >= 4 is 11.8 Å². The minimum atomic E-state index is -0.287. The van der Waals surface area contributed by atoms with Gasteiger partial charge in [-0.25, -0.2) is 0 Å². The number of carbonyl (C=O) groups is 2. The van der Waals surface area contributed by atoms with Crippen molar-refractivity contribution in [3.8, 4) is 0 Å². The third kappa shape index (κ3) is 4.55. The van der Waals surface area contributed by atoms with Gasteiger partial charge in [0.25, 0.3) is 0 Å². The normalized spacial score (nSPS) is 20.4. The lowest BCUT2D eigenvalue weighted by Crippen LogP contribution is -2.38. The zero-order valence-electron chi connectivity index (χ0n) is 13.9. The summed E-state index contributed by atoms with van der Waals surface area (Å²) in [5.41, 5.74) is 1.08. The fraction of sp³-hybridized carbons (Fsp3) is 0.556. The number of hydrogen-bond donors (Lipinski definition) is 2. The molecule has 0 radical (unpaired) electrons. The number of hydrogen-bond acceptors (Lipinski definition) is 3. The summed E-state index contributed by atoms with van der Waals surface area (Å²) in [7, 11) is 0. The molecule has 3 atom stereocenters. The lowest BCUT2D eigenvalue weighted by Gasteiger charge is -2.25. The molecule has 1 aromatic carbocycles. The highest BCUT2D eigenvalue weighted by Crippen LogP contribution is 2.28. The lowest BCUT2D eigenvalue weighted by molar-refractivity contribution is -0.130. The number of amides is 2. The van der Waals surface area contributed by atoms with Crippen molar-refractivity contribution in [2.45, 2.75) is 45.2 Å². The average Bonchev–Trinajstić information content (AvgIpc) is 2.95. The van der Waals surface area contributed by atoms with E-state index in [0.29, 0.717) is 13.0 Å². The molecular weight excluding hydrogens is 292 g/mol. The van der Waals surface area contributed by atoms with Crippen molar-refractivity contribution in [1.29, 1.82) is 0 Å². The maximum absolute atomic E-state index is 12.3. The van der Waals surface area contributed by atoms with Gasteiger partial charge in [-0.05, 0) is 32.3 Å². The van der Waals surface area contributed by atoms with Crippen molar-refractivity contribution in [1.82, 2.24) is 10.2 Å². The third-order valence-corrected chi connectivity index (χ3v) is 4.46. The summed E-state index contributed by atoms with van der Waals surface area (Å²) in [6.45, 7) is 4.52. The fourth-order valence-electron chi connectivity index (χ4n) is 3.02. The van der Waals surface area contributed by atoms with E-state index in [4.69, 9.17) is 5.11 Å². The first kappa shape index (κ1) is 17.5. The van der Waals surface area contributed by atoms with E-state index in [1.54, 1.807) is 4.90 Å². The summed E-state index contributed by atoms with van der Waals surface area (Å²) in [5, 5.41) is 11.8. The van der Waals surface area contributed by atoms with Crippen LogP contribution in [0.15, 0.2) is 30.3 Å². The first-order valence-corrected chi connectivity index (χ1v) is 8.28. The van der Waals surface area contributed by atoms with Crippen LogP contribution in [0.25, 0.3) is 0 Å². The van der Waals surface area contributed by atoms with Gasteiger partial charge in [0.1, 0.15) is 0 Å². The SMILES string of the molecule is CC(CCCO)NC(=O)C1CC(=O)N(C(C)c2ccccc2)C1. The van der Waals surface area contributed by atoms with Gasteiger partial charge in [-0.1, -0.05) is 30.3 Å². The number of aliphatic hydroxyl groups is 1. The van der Waals surface area contributed by atoms with Crippen LogP contribution >= 0.6 is 0 Å². The maximum Gasteiger partial charge on any atom is 0.225 e. The van der Waals surface area contributed by atoms with Gasteiger partial charge in [-0.3, -0.25) is 9.59 Å². The quantitative estimate of drug-likeness (QED) is 0.806. The Balaban J connectivity index is 1.93. The minimum Gasteiger partial charge on any atom is -0.396 e. The molecule has 1 aliphatic rings. The third-order valence-electron chi connectivity index (χ3n) is 4.46. The second-order valence-electron chi connectivity index (χ2n) is 6.31. The summed E-state index contributed by atoms with van der Waals surface area (Å²) >= 11 is 0. The molecule has 1 heterocycles. The van der Waals surface area contributed by atoms with Crippen molar-refractivity contribution in [2.75, 3.05) is 13.2 Å². The monoisotopic (exact) mass is 318 g/mol. The van der Waals surface area contributed by atoms with Gasteiger partial charge >= 0.3 is 0 Å². The maximum atomic E-state index is 12.3. The van der Waals surface area contributed by atoms with E-state index in [1.165, 1.54) is 0 Å². The molecule has 3 unspecified atom stereocenters. The molecule has 1 aromatic rings. The van der Waals surface area contributed by atoms with Crippen molar-refractivity contribution in [3.05, 3.63) is 35.9 Å². The molecule has 5 nitrogen and oxygen atoms in total. The number of nitrogens with zero attached hydrogens (tertiary/aromatic N) is 1. The summed E-state index contributed by atoms with van der Waals surface area (Å²) < 4.78 is 0. The smallest absolute Gasteiger partial charge is 0.225 e. The number of aliphatic hydroxyl groups excluding tert-OH is 1. The molecule has 1 aliphatic heterocycles. The van der Waals surface area contributed by atoms with Gasteiger partial charge in [0.2, 0.25) is 11.8 Å². The largest absolute Gasteiger partial charge is 0.396 e. The molecule has 0 aromatic heterocycles. The first-order valence-electron chi connectivity index (χ1n) is 8.28. The minimum absolute atomic E-state index is 0.0188. The van der Waals surface area contributed by atoms with Crippen LogP contribution in [-0.2, 0) is 9.59 Å². The standard InChI is InChI=1S/C18H26N2O3/c1-13(7-6-10-21)19-18(23)16-11-17(22)20(12-16)14(2)15-8-4-3-5-9-15/h3-5,8-9,13-14,16,21H,6-7,10-12H2,1-2H3,(H,19,23). The highest BCUT2D eigenvalue weighted by molar-refractivity contribution is 5.89. The predicted octanol–water partition coefficient (Wildman–Crippen LogP) is 1.87. The Bertz CT molecular complexity index is 532. The Labute approximate surface area is 137 Å². The van der Waals surface area contributed by atoms with Gasteiger partial charge in [-0.15, -0.1) is 0 Å². The Morgan fingerprint density at radius 3 is 2.70 bits per heavy atom. The highest BCUT2D eigenvalue weighted by Gasteiger charge is 2.37. The van der Waals surface area contributed by atoms with Crippen molar-refractivity contribution in [2.24, 2.45) is 5.92 Å². The Hall–Kier alpha value is -1.88. The van der Waals surface area contributed by atoms with Crippen molar-refractivity contribution in [3.63, 3.8) is 0 Å². The molecular formula is C18H26N2O3. The summed E-state index contributed by atoms with van der Waals surface area (Å²) in [5.74, 6) is -0.318. The van der Waals surface area contributed by atoms with E-state index >= 15 is 0 Å². The summed E-state index contributed by atoms with van der Waals surface area (Å²) in [6, 6.07) is 9.87. The van der Waals surface area contributed by atoms with Crippen molar-refractivity contribution < 1.29 is 14.7 Å². The molecule has 0 bridgehead atoms. The van der Waals surface area contributed by atoms with E-state index in [9.17, 15) is 9.59 Å². The number of carbonyl (C=O) groups excluding carboxylic acids is 2. The van der Waals surface area contributed by atoms with Crippen LogP contribution in [0, 0.1) is 5.92 Å². The van der Waals surface area contributed by atoms with Crippen LogP contribution in [-0.4, -0.2) is 41.0 Å². The molecule has 0 aliphatic carbocycles. The molecule has 23 heavy (non-hydrogen) atoms. The predicted molar refractivity (Wildman–Crippen MR) is 88.6 cm³/mol. The van der Waals surface area contributed by atoms with E-state index in [2.05, 4.69) is 5.32 Å². The Morgan fingerprint density at radius 2 is 2.04 bits per heavy atom. The second kappa shape index (κ2) is 8.11. The van der Waals surface area contributed by atoms with Crippen LogP contribution in [0.5, 0.6) is 0 Å². The van der Waals surface area contributed by atoms with Crippen LogP contribution in [0.3, 0.4) is 0 Å². The van der Waals surface area contributed by atoms with Gasteiger partial charge in [0.15, 0.2) is 0 Å². The average molecular weight is 318 g/mol. The van der Waals surface area contributed by atoms with Crippen LogP contribution in [0.4, 0.5) is 0 Å². The van der Waals surface area contributed by atoms with Crippen LogP contribution in [0.2, 0.25) is 0 Å². The van der Waals surface area contributed by atoms with Gasteiger partial charge < -0.3 is 15.3 Å². The fourth-order valence-corrected chi connectivity index (χ4v) is 3.02. The second-order valence-corrected chi connectivity index (χ2v) is 6.31. The van der Waals surface area contributed by atoms with E-state index in [1.807, 2.05) is 44.2 Å². The van der Waals surface area contributed by atoms with Crippen LogP contribution in [0.1, 0.15) is 44.7 Å². The number of rotatable bonds is 7. The van der Waals surface area contributed by atoms with Gasteiger partial charge in [0, 0.05) is 25.6 Å². The van der Waals surface area contributed by atoms with E-state index in [-0.39, 0.29) is 42.8 Å². The van der Waals surface area contributed by atoms with Crippen LogP contribution < -0.4 is 5.32 Å². The molecule has 0 spiro atoms. The Morgan fingerprint density at radius 1 is 1.35 bits per heavy atom. The van der Waals surface area contributed by atoms with Gasteiger partial charge in [-0.2, -0.15) is 0 Å². The lowest BCUT2D eigenvalue weighted by atomic mass is 10.1.